The van der Waals surface area contributed by atoms with Crippen LogP contribution in [-0.4, -0.2) is 19.8 Å². The fraction of sp³-hybridized carbons (Fsp3) is 0.600. The zero-order valence-electron chi connectivity index (χ0n) is 11.5. The summed E-state index contributed by atoms with van der Waals surface area (Å²) in [7, 11) is 1.77. The highest BCUT2D eigenvalue weighted by Crippen LogP contribution is 2.20. The van der Waals surface area contributed by atoms with Gasteiger partial charge in [-0.3, -0.25) is 0 Å². The quantitative estimate of drug-likeness (QED) is 0.782. The van der Waals surface area contributed by atoms with E-state index in [1.54, 1.807) is 7.11 Å². The van der Waals surface area contributed by atoms with E-state index in [0.717, 1.165) is 19.4 Å². The van der Waals surface area contributed by atoms with Gasteiger partial charge in [0.2, 0.25) is 0 Å². The molecule has 0 aromatic heterocycles. The molecular formula is C15H25NO. The maximum atomic E-state index is 5.37. The molecular weight excluding hydrogens is 210 g/mol. The normalized spacial score (nSPS) is 14.6. The zero-order chi connectivity index (χ0) is 12.7. The third kappa shape index (κ3) is 4.49. The lowest BCUT2D eigenvalue weighted by atomic mass is 9.98. The SMILES string of the molecule is CCNC(CC(C)OC)c1cccc(CC)c1. The number of ether oxygens (including phenoxy) is 1. The molecule has 0 amide bonds. The van der Waals surface area contributed by atoms with E-state index in [4.69, 9.17) is 4.74 Å². The first-order valence-corrected chi connectivity index (χ1v) is 6.56. The molecule has 2 atom stereocenters. The molecule has 0 spiro atoms. The van der Waals surface area contributed by atoms with Gasteiger partial charge in [0.15, 0.2) is 0 Å². The predicted octanol–water partition coefficient (Wildman–Crippen LogP) is 3.32. The van der Waals surface area contributed by atoms with E-state index in [9.17, 15) is 0 Å². The molecule has 1 aromatic rings. The van der Waals surface area contributed by atoms with Crippen LogP contribution in [0.5, 0.6) is 0 Å². The number of hydrogen-bond acceptors (Lipinski definition) is 2. The minimum atomic E-state index is 0.282. The van der Waals surface area contributed by atoms with Gasteiger partial charge in [0.1, 0.15) is 0 Å². The zero-order valence-corrected chi connectivity index (χ0v) is 11.5. The summed E-state index contributed by atoms with van der Waals surface area (Å²) >= 11 is 0. The fourth-order valence-corrected chi connectivity index (χ4v) is 2.04. The third-order valence-electron chi connectivity index (χ3n) is 3.18. The number of hydrogen-bond donors (Lipinski definition) is 1. The fourth-order valence-electron chi connectivity index (χ4n) is 2.04. The number of benzene rings is 1. The van der Waals surface area contributed by atoms with Crippen molar-refractivity contribution in [2.24, 2.45) is 0 Å². The second kappa shape index (κ2) is 7.46. The van der Waals surface area contributed by atoms with Gasteiger partial charge in [-0.1, -0.05) is 38.1 Å². The minimum Gasteiger partial charge on any atom is -0.382 e. The van der Waals surface area contributed by atoms with Gasteiger partial charge in [0.05, 0.1) is 6.10 Å². The molecule has 0 saturated heterocycles. The molecule has 0 aliphatic rings. The molecule has 0 aliphatic heterocycles. The molecule has 0 heterocycles. The van der Waals surface area contributed by atoms with Crippen molar-refractivity contribution in [2.75, 3.05) is 13.7 Å². The van der Waals surface area contributed by atoms with Crippen molar-refractivity contribution in [1.29, 1.82) is 0 Å². The number of nitrogens with one attached hydrogen (secondary N) is 1. The Hall–Kier alpha value is -0.860. The van der Waals surface area contributed by atoms with E-state index in [-0.39, 0.29) is 6.10 Å². The van der Waals surface area contributed by atoms with Crippen LogP contribution in [0.4, 0.5) is 0 Å². The predicted molar refractivity (Wildman–Crippen MR) is 73.3 cm³/mol. The van der Waals surface area contributed by atoms with Gasteiger partial charge >= 0.3 is 0 Å². The van der Waals surface area contributed by atoms with Gasteiger partial charge < -0.3 is 10.1 Å². The summed E-state index contributed by atoms with van der Waals surface area (Å²) in [4.78, 5) is 0. The Morgan fingerprint density at radius 1 is 1.29 bits per heavy atom. The minimum absolute atomic E-state index is 0.282. The van der Waals surface area contributed by atoms with Crippen LogP contribution in [0.3, 0.4) is 0 Å². The summed E-state index contributed by atoms with van der Waals surface area (Å²) in [5.41, 5.74) is 2.77. The topological polar surface area (TPSA) is 21.3 Å². The van der Waals surface area contributed by atoms with E-state index in [2.05, 4.69) is 50.4 Å². The van der Waals surface area contributed by atoms with Crippen molar-refractivity contribution in [3.05, 3.63) is 35.4 Å². The first-order chi connectivity index (χ1) is 8.21. The van der Waals surface area contributed by atoms with Crippen molar-refractivity contribution < 1.29 is 4.74 Å². The Balaban J connectivity index is 2.80. The molecule has 1 rings (SSSR count). The van der Waals surface area contributed by atoms with Gasteiger partial charge in [-0.25, -0.2) is 0 Å². The summed E-state index contributed by atoms with van der Waals surface area (Å²) in [6, 6.07) is 9.23. The Morgan fingerprint density at radius 3 is 2.65 bits per heavy atom. The van der Waals surface area contributed by atoms with Gasteiger partial charge in [0, 0.05) is 13.2 Å². The van der Waals surface area contributed by atoms with Crippen LogP contribution in [0.2, 0.25) is 0 Å². The van der Waals surface area contributed by atoms with Crippen LogP contribution in [0, 0.1) is 0 Å². The highest BCUT2D eigenvalue weighted by atomic mass is 16.5. The second-order valence-corrected chi connectivity index (χ2v) is 4.49. The van der Waals surface area contributed by atoms with E-state index < -0.39 is 0 Å². The highest BCUT2D eigenvalue weighted by Gasteiger charge is 2.14. The molecule has 2 nitrogen and oxygen atoms in total. The largest absolute Gasteiger partial charge is 0.382 e. The van der Waals surface area contributed by atoms with E-state index in [1.165, 1.54) is 11.1 Å². The third-order valence-corrected chi connectivity index (χ3v) is 3.18. The van der Waals surface area contributed by atoms with E-state index in [1.807, 2.05) is 0 Å². The lowest BCUT2D eigenvalue weighted by molar-refractivity contribution is 0.101. The molecule has 1 N–H and O–H groups in total. The number of aryl methyl sites for hydroxylation is 1. The molecule has 2 unspecified atom stereocenters. The van der Waals surface area contributed by atoms with Crippen molar-refractivity contribution in [3.63, 3.8) is 0 Å². The van der Waals surface area contributed by atoms with Crippen molar-refractivity contribution in [3.8, 4) is 0 Å². The summed E-state index contributed by atoms with van der Waals surface area (Å²) < 4.78 is 5.37. The average Bonchev–Trinajstić information content (AvgIpc) is 2.38. The molecule has 0 radical (unpaired) electrons. The van der Waals surface area contributed by atoms with Crippen LogP contribution in [0.15, 0.2) is 24.3 Å². The van der Waals surface area contributed by atoms with E-state index in [0.29, 0.717) is 6.04 Å². The van der Waals surface area contributed by atoms with Crippen LogP contribution in [-0.2, 0) is 11.2 Å². The molecule has 0 bridgehead atoms. The summed E-state index contributed by atoms with van der Waals surface area (Å²) in [5, 5.41) is 3.54. The van der Waals surface area contributed by atoms with Crippen molar-refractivity contribution in [1.82, 2.24) is 5.32 Å². The smallest absolute Gasteiger partial charge is 0.0561 e. The van der Waals surface area contributed by atoms with Crippen LogP contribution < -0.4 is 5.32 Å². The molecule has 2 heteroatoms. The second-order valence-electron chi connectivity index (χ2n) is 4.49. The summed E-state index contributed by atoms with van der Waals surface area (Å²) in [6.45, 7) is 7.44. The van der Waals surface area contributed by atoms with Crippen LogP contribution >= 0.6 is 0 Å². The maximum Gasteiger partial charge on any atom is 0.0561 e. The highest BCUT2D eigenvalue weighted by molar-refractivity contribution is 5.26. The monoisotopic (exact) mass is 235 g/mol. The first kappa shape index (κ1) is 14.2. The van der Waals surface area contributed by atoms with Gasteiger partial charge in [-0.2, -0.15) is 0 Å². The Labute approximate surface area is 105 Å². The standard InChI is InChI=1S/C15H25NO/c1-5-13-8-7-9-14(11-13)15(16-6-2)10-12(3)17-4/h7-9,11-12,15-16H,5-6,10H2,1-4H3. The molecule has 1 aromatic carbocycles. The van der Waals surface area contributed by atoms with E-state index >= 15 is 0 Å². The van der Waals surface area contributed by atoms with Gasteiger partial charge in [-0.15, -0.1) is 0 Å². The van der Waals surface area contributed by atoms with Crippen LogP contribution in [0.25, 0.3) is 0 Å². The number of methoxy groups -OCH3 is 1. The summed E-state index contributed by atoms with van der Waals surface area (Å²) in [6.07, 6.45) is 2.38. The van der Waals surface area contributed by atoms with Crippen molar-refractivity contribution in [2.45, 2.75) is 45.8 Å². The lowest BCUT2D eigenvalue weighted by Crippen LogP contribution is -2.25. The average molecular weight is 235 g/mol. The number of rotatable bonds is 7. The maximum absolute atomic E-state index is 5.37. The first-order valence-electron chi connectivity index (χ1n) is 6.56. The Bertz CT molecular complexity index is 324. The summed E-state index contributed by atoms with van der Waals surface area (Å²) in [5.74, 6) is 0. The molecule has 0 fully saturated rings. The Kier molecular flexibility index (Phi) is 6.23. The molecule has 17 heavy (non-hydrogen) atoms. The lowest BCUT2D eigenvalue weighted by Gasteiger charge is -2.22. The van der Waals surface area contributed by atoms with Crippen LogP contribution in [0.1, 0.15) is 44.4 Å². The van der Waals surface area contributed by atoms with Gasteiger partial charge in [-0.05, 0) is 37.4 Å². The molecule has 0 aliphatic carbocycles. The molecule has 96 valence electrons. The van der Waals surface area contributed by atoms with Crippen molar-refractivity contribution >= 4 is 0 Å². The van der Waals surface area contributed by atoms with Gasteiger partial charge in [0.25, 0.3) is 0 Å². The molecule has 0 saturated carbocycles. The Morgan fingerprint density at radius 2 is 2.06 bits per heavy atom.